The number of nitrogens with one attached hydrogen (secondary N) is 1. The third kappa shape index (κ3) is 3.56. The van der Waals surface area contributed by atoms with E-state index < -0.39 is 5.97 Å². The van der Waals surface area contributed by atoms with Gasteiger partial charge in [-0.15, -0.1) is 0 Å². The summed E-state index contributed by atoms with van der Waals surface area (Å²) in [4.78, 5) is 32.1. The van der Waals surface area contributed by atoms with E-state index in [0.717, 1.165) is 10.9 Å². The fourth-order valence-corrected chi connectivity index (χ4v) is 2.86. The topological polar surface area (TPSA) is 97.1 Å². The van der Waals surface area contributed by atoms with E-state index in [4.69, 9.17) is 5.11 Å². The maximum absolute atomic E-state index is 12.7. The molecule has 134 valence electrons. The van der Waals surface area contributed by atoms with Crippen molar-refractivity contribution in [3.05, 3.63) is 53.7 Å². The van der Waals surface area contributed by atoms with Gasteiger partial charge in [0.1, 0.15) is 12.4 Å². The van der Waals surface area contributed by atoms with Crippen LogP contribution >= 0.6 is 0 Å². The molecule has 0 saturated carbocycles. The number of anilines is 1. The van der Waals surface area contributed by atoms with Crippen molar-refractivity contribution < 1.29 is 14.7 Å². The van der Waals surface area contributed by atoms with Gasteiger partial charge >= 0.3 is 5.97 Å². The normalized spacial score (nSPS) is 11.1. The summed E-state index contributed by atoms with van der Waals surface area (Å²) < 4.78 is 1.65. The van der Waals surface area contributed by atoms with Crippen molar-refractivity contribution in [1.82, 2.24) is 14.5 Å². The molecule has 7 heteroatoms. The van der Waals surface area contributed by atoms with Gasteiger partial charge in [-0.1, -0.05) is 13.8 Å². The molecule has 7 nitrogen and oxygen atoms in total. The quantitative estimate of drug-likeness (QED) is 0.735. The molecule has 2 aromatic heterocycles. The molecule has 26 heavy (non-hydrogen) atoms. The van der Waals surface area contributed by atoms with Crippen LogP contribution in [0.1, 0.15) is 41.6 Å². The van der Waals surface area contributed by atoms with Crippen LogP contribution in [0.25, 0.3) is 10.9 Å². The van der Waals surface area contributed by atoms with Crippen LogP contribution in [0.2, 0.25) is 0 Å². The SMILES string of the molecule is Cc1ncc(C(=O)Nc2ccc3c(ccn3CC(=O)O)c2)c(C(C)C)n1. The number of carboxylic acid groups (broad SMARTS) is 1. The van der Waals surface area contributed by atoms with Gasteiger partial charge in [-0.05, 0) is 37.1 Å². The molecule has 2 heterocycles. The summed E-state index contributed by atoms with van der Waals surface area (Å²) in [6, 6.07) is 7.18. The standard InChI is InChI=1S/C19H20N4O3/c1-11(2)18-15(9-20-12(3)21-18)19(26)22-14-4-5-16-13(8-14)6-7-23(16)10-17(24)25/h4-9,11H,10H2,1-3H3,(H,22,26)(H,24,25). The molecule has 0 bridgehead atoms. The lowest BCUT2D eigenvalue weighted by Crippen LogP contribution is -2.17. The Morgan fingerprint density at radius 2 is 2.04 bits per heavy atom. The van der Waals surface area contributed by atoms with Crippen molar-refractivity contribution in [3.8, 4) is 0 Å². The van der Waals surface area contributed by atoms with Crippen molar-refractivity contribution >= 4 is 28.5 Å². The van der Waals surface area contributed by atoms with Crippen molar-refractivity contribution in [2.24, 2.45) is 0 Å². The number of carbonyl (C=O) groups is 2. The van der Waals surface area contributed by atoms with Gasteiger partial charge in [0.05, 0.1) is 11.3 Å². The number of aliphatic carboxylic acids is 1. The summed E-state index contributed by atoms with van der Waals surface area (Å²) in [5.41, 5.74) is 2.59. The van der Waals surface area contributed by atoms with Crippen LogP contribution in [0.5, 0.6) is 0 Å². The molecule has 0 spiro atoms. The summed E-state index contributed by atoms with van der Waals surface area (Å²) in [7, 11) is 0. The number of amides is 1. The number of hydrogen-bond acceptors (Lipinski definition) is 4. The number of aromatic nitrogens is 3. The first kappa shape index (κ1) is 17.6. The van der Waals surface area contributed by atoms with E-state index in [1.807, 2.05) is 26.0 Å². The van der Waals surface area contributed by atoms with Gasteiger partial charge in [0, 0.05) is 29.0 Å². The van der Waals surface area contributed by atoms with Gasteiger partial charge in [-0.3, -0.25) is 9.59 Å². The predicted molar refractivity (Wildman–Crippen MR) is 98.4 cm³/mol. The Balaban J connectivity index is 1.87. The molecule has 0 aliphatic carbocycles. The smallest absolute Gasteiger partial charge is 0.323 e. The number of hydrogen-bond donors (Lipinski definition) is 2. The second kappa shape index (κ2) is 6.95. The lowest BCUT2D eigenvalue weighted by molar-refractivity contribution is -0.137. The molecule has 0 saturated heterocycles. The number of benzene rings is 1. The first-order valence-corrected chi connectivity index (χ1v) is 8.30. The van der Waals surface area contributed by atoms with Gasteiger partial charge in [0.2, 0.25) is 0 Å². The fraction of sp³-hybridized carbons (Fsp3) is 0.263. The number of nitrogens with zero attached hydrogens (tertiary/aromatic N) is 3. The van der Waals surface area contributed by atoms with E-state index in [9.17, 15) is 9.59 Å². The largest absolute Gasteiger partial charge is 0.480 e. The third-order valence-corrected chi connectivity index (χ3v) is 4.06. The number of carbonyl (C=O) groups excluding carboxylic acids is 1. The van der Waals surface area contributed by atoms with Crippen molar-refractivity contribution in [2.75, 3.05) is 5.32 Å². The monoisotopic (exact) mass is 352 g/mol. The van der Waals surface area contributed by atoms with Crippen LogP contribution in [0.3, 0.4) is 0 Å². The molecule has 0 aliphatic rings. The summed E-state index contributed by atoms with van der Waals surface area (Å²) in [6.45, 7) is 5.66. The van der Waals surface area contributed by atoms with Crippen LogP contribution in [0, 0.1) is 6.92 Å². The molecule has 0 aliphatic heterocycles. The predicted octanol–water partition coefficient (Wildman–Crippen LogP) is 3.20. The summed E-state index contributed by atoms with van der Waals surface area (Å²) in [5, 5.41) is 12.7. The molecule has 0 fully saturated rings. The second-order valence-corrected chi connectivity index (χ2v) is 6.44. The zero-order valence-corrected chi connectivity index (χ0v) is 14.9. The van der Waals surface area contributed by atoms with Crippen LogP contribution in [0.15, 0.2) is 36.7 Å². The highest BCUT2D eigenvalue weighted by Gasteiger charge is 2.17. The highest BCUT2D eigenvalue weighted by molar-refractivity contribution is 6.05. The Kier molecular flexibility index (Phi) is 4.71. The van der Waals surface area contributed by atoms with Gasteiger partial charge in [-0.25, -0.2) is 9.97 Å². The minimum atomic E-state index is -0.902. The van der Waals surface area contributed by atoms with Crippen LogP contribution in [-0.2, 0) is 11.3 Å². The van der Waals surface area contributed by atoms with Crippen LogP contribution < -0.4 is 5.32 Å². The van der Waals surface area contributed by atoms with Crippen LogP contribution in [-0.4, -0.2) is 31.5 Å². The van der Waals surface area contributed by atoms with Gasteiger partial charge in [-0.2, -0.15) is 0 Å². The molecule has 1 amide bonds. The zero-order chi connectivity index (χ0) is 18.8. The molecular weight excluding hydrogens is 332 g/mol. The number of carboxylic acids is 1. The molecule has 1 aromatic carbocycles. The maximum atomic E-state index is 12.7. The Bertz CT molecular complexity index is 992. The molecule has 2 N–H and O–H groups in total. The highest BCUT2D eigenvalue weighted by atomic mass is 16.4. The minimum absolute atomic E-state index is 0.102. The Hall–Kier alpha value is -3.22. The number of rotatable bonds is 5. The lowest BCUT2D eigenvalue weighted by atomic mass is 10.0. The molecule has 0 unspecified atom stereocenters. The van der Waals surface area contributed by atoms with Crippen molar-refractivity contribution in [2.45, 2.75) is 33.2 Å². The fourth-order valence-electron chi connectivity index (χ4n) is 2.86. The summed E-state index contributed by atoms with van der Waals surface area (Å²) in [6.07, 6.45) is 3.27. The van der Waals surface area contributed by atoms with E-state index in [1.165, 1.54) is 0 Å². The minimum Gasteiger partial charge on any atom is -0.480 e. The molecule has 0 atom stereocenters. The second-order valence-electron chi connectivity index (χ2n) is 6.44. The van der Waals surface area contributed by atoms with E-state index in [-0.39, 0.29) is 18.4 Å². The van der Waals surface area contributed by atoms with Gasteiger partial charge in [0.25, 0.3) is 5.91 Å². The molecule has 3 aromatic rings. The Labute approximate surface area is 150 Å². The van der Waals surface area contributed by atoms with Gasteiger partial charge < -0.3 is 15.0 Å². The molecule has 3 rings (SSSR count). The average molecular weight is 352 g/mol. The van der Waals surface area contributed by atoms with Gasteiger partial charge in [0.15, 0.2) is 0 Å². The Morgan fingerprint density at radius 1 is 1.27 bits per heavy atom. The average Bonchev–Trinajstić information content (AvgIpc) is 2.96. The number of aryl methyl sites for hydroxylation is 1. The number of fused-ring (bicyclic) bond motifs is 1. The van der Waals surface area contributed by atoms with E-state index in [1.54, 1.807) is 36.0 Å². The lowest BCUT2D eigenvalue weighted by Gasteiger charge is -2.12. The van der Waals surface area contributed by atoms with Crippen molar-refractivity contribution in [3.63, 3.8) is 0 Å². The maximum Gasteiger partial charge on any atom is 0.323 e. The summed E-state index contributed by atoms with van der Waals surface area (Å²) >= 11 is 0. The highest BCUT2D eigenvalue weighted by Crippen LogP contribution is 2.22. The first-order valence-electron chi connectivity index (χ1n) is 8.30. The van der Waals surface area contributed by atoms with E-state index in [0.29, 0.717) is 22.8 Å². The zero-order valence-electron chi connectivity index (χ0n) is 14.9. The third-order valence-electron chi connectivity index (χ3n) is 4.06. The first-order chi connectivity index (χ1) is 12.3. The summed E-state index contributed by atoms with van der Waals surface area (Å²) in [5.74, 6) is -0.435. The van der Waals surface area contributed by atoms with E-state index in [2.05, 4.69) is 15.3 Å². The molecule has 0 radical (unpaired) electrons. The molecular formula is C19H20N4O3. The van der Waals surface area contributed by atoms with Crippen molar-refractivity contribution in [1.29, 1.82) is 0 Å². The Morgan fingerprint density at radius 3 is 2.73 bits per heavy atom. The van der Waals surface area contributed by atoms with Crippen LogP contribution in [0.4, 0.5) is 5.69 Å². The van der Waals surface area contributed by atoms with E-state index >= 15 is 0 Å².